The van der Waals surface area contributed by atoms with Gasteiger partial charge in [-0.1, -0.05) is 0 Å². The number of anilines is 2. The molecule has 6 heteroatoms. The number of nitrogen functional groups attached to an aromatic ring is 1. The van der Waals surface area contributed by atoms with Crippen LogP contribution in [-0.2, 0) is 14.3 Å². The van der Waals surface area contributed by atoms with Crippen molar-refractivity contribution in [3.05, 3.63) is 24.0 Å². The first-order valence-corrected chi connectivity index (χ1v) is 7.15. The largest absolute Gasteiger partial charge is 0.399 e. The minimum atomic E-state index is -0.499. The van der Waals surface area contributed by atoms with Gasteiger partial charge in [-0.05, 0) is 37.0 Å². The summed E-state index contributed by atoms with van der Waals surface area (Å²) in [5, 5.41) is 2.50. The van der Waals surface area contributed by atoms with E-state index >= 15 is 0 Å². The summed E-state index contributed by atoms with van der Waals surface area (Å²) in [6.07, 6.45) is 2.19. The molecule has 0 saturated carbocycles. The van der Waals surface area contributed by atoms with E-state index in [1.807, 2.05) is 0 Å². The van der Waals surface area contributed by atoms with Gasteiger partial charge in [0.1, 0.15) is 5.82 Å². The number of rotatable bonds is 6. The van der Waals surface area contributed by atoms with Crippen LogP contribution in [0, 0.1) is 11.7 Å². The van der Waals surface area contributed by atoms with Crippen LogP contribution in [0.5, 0.6) is 0 Å². The molecule has 3 N–H and O–H groups in total. The first-order chi connectivity index (χ1) is 10.1. The SMILES string of the molecule is Nc1ccc(F)c(NC(=O)CCOCC2CCOCC2)c1. The Morgan fingerprint density at radius 1 is 1.43 bits per heavy atom. The lowest BCUT2D eigenvalue weighted by Crippen LogP contribution is -2.21. The minimum Gasteiger partial charge on any atom is -0.399 e. The Bertz CT molecular complexity index is 476. The first kappa shape index (κ1) is 15.7. The van der Waals surface area contributed by atoms with Crippen LogP contribution in [-0.4, -0.2) is 32.3 Å². The van der Waals surface area contributed by atoms with Crippen LogP contribution in [0.1, 0.15) is 19.3 Å². The standard InChI is InChI=1S/C15H21FN2O3/c16-13-2-1-12(17)9-14(13)18-15(19)5-8-21-10-11-3-6-20-7-4-11/h1-2,9,11H,3-8,10,17H2,(H,18,19). The fraction of sp³-hybridized carbons (Fsp3) is 0.533. The third-order valence-corrected chi connectivity index (χ3v) is 3.43. The van der Waals surface area contributed by atoms with Crippen molar-refractivity contribution in [2.24, 2.45) is 5.92 Å². The predicted molar refractivity (Wildman–Crippen MR) is 78.4 cm³/mol. The zero-order valence-corrected chi connectivity index (χ0v) is 11.9. The Kier molecular flexibility index (Phi) is 5.95. The summed E-state index contributed by atoms with van der Waals surface area (Å²) in [4.78, 5) is 11.7. The number of halogens is 1. The van der Waals surface area contributed by atoms with Gasteiger partial charge in [0.05, 0.1) is 18.7 Å². The molecule has 116 valence electrons. The van der Waals surface area contributed by atoms with Crippen LogP contribution >= 0.6 is 0 Å². The van der Waals surface area contributed by atoms with Crippen molar-refractivity contribution in [3.8, 4) is 0 Å². The number of hydrogen-bond acceptors (Lipinski definition) is 4. The van der Waals surface area contributed by atoms with Crippen LogP contribution in [0.25, 0.3) is 0 Å². The van der Waals surface area contributed by atoms with Crippen molar-refractivity contribution in [2.75, 3.05) is 37.5 Å². The molecule has 0 radical (unpaired) electrons. The number of nitrogens with two attached hydrogens (primary N) is 1. The predicted octanol–water partition coefficient (Wildman–Crippen LogP) is 2.18. The van der Waals surface area contributed by atoms with Gasteiger partial charge in [0.2, 0.25) is 5.91 Å². The molecule has 5 nitrogen and oxygen atoms in total. The number of carbonyl (C=O) groups excluding carboxylic acids is 1. The molecule has 1 fully saturated rings. The van der Waals surface area contributed by atoms with E-state index in [-0.39, 0.29) is 18.0 Å². The fourth-order valence-electron chi connectivity index (χ4n) is 2.18. The number of carbonyl (C=O) groups is 1. The van der Waals surface area contributed by atoms with Crippen molar-refractivity contribution < 1.29 is 18.7 Å². The lowest BCUT2D eigenvalue weighted by atomic mass is 10.0. The molecule has 1 aromatic rings. The average molecular weight is 296 g/mol. The van der Waals surface area contributed by atoms with E-state index in [9.17, 15) is 9.18 Å². The van der Waals surface area contributed by atoms with Gasteiger partial charge in [-0.25, -0.2) is 4.39 Å². The first-order valence-electron chi connectivity index (χ1n) is 7.15. The smallest absolute Gasteiger partial charge is 0.226 e. The van der Waals surface area contributed by atoms with Crippen LogP contribution < -0.4 is 11.1 Å². The summed E-state index contributed by atoms with van der Waals surface area (Å²) in [5.41, 5.74) is 6.06. The summed E-state index contributed by atoms with van der Waals surface area (Å²) in [7, 11) is 0. The Morgan fingerprint density at radius 3 is 2.95 bits per heavy atom. The van der Waals surface area contributed by atoms with Gasteiger partial charge in [-0.3, -0.25) is 4.79 Å². The maximum Gasteiger partial charge on any atom is 0.226 e. The van der Waals surface area contributed by atoms with Crippen molar-refractivity contribution >= 4 is 17.3 Å². The summed E-state index contributed by atoms with van der Waals surface area (Å²) < 4.78 is 24.2. The quantitative estimate of drug-likeness (QED) is 0.623. The third-order valence-electron chi connectivity index (χ3n) is 3.43. The highest BCUT2D eigenvalue weighted by Crippen LogP contribution is 2.18. The maximum atomic E-state index is 13.4. The molecule has 1 amide bonds. The Hall–Kier alpha value is -1.66. The summed E-state index contributed by atoms with van der Waals surface area (Å²) in [5.74, 6) is -0.277. The maximum absolute atomic E-state index is 13.4. The molecule has 0 aliphatic carbocycles. The van der Waals surface area contributed by atoms with E-state index < -0.39 is 5.82 Å². The molecule has 1 aliphatic rings. The third kappa shape index (κ3) is 5.32. The van der Waals surface area contributed by atoms with Crippen LogP contribution in [0.3, 0.4) is 0 Å². The van der Waals surface area contributed by atoms with Crippen molar-refractivity contribution in [1.29, 1.82) is 0 Å². The highest BCUT2D eigenvalue weighted by molar-refractivity contribution is 5.91. The number of amides is 1. The molecule has 1 aromatic carbocycles. The second-order valence-corrected chi connectivity index (χ2v) is 5.17. The molecule has 0 spiro atoms. The summed E-state index contributed by atoms with van der Waals surface area (Å²) >= 11 is 0. The Balaban J connectivity index is 1.66. The number of benzene rings is 1. The van der Waals surface area contributed by atoms with Gasteiger partial charge >= 0.3 is 0 Å². The van der Waals surface area contributed by atoms with E-state index in [0.29, 0.717) is 24.8 Å². The van der Waals surface area contributed by atoms with Gasteiger partial charge in [0.15, 0.2) is 0 Å². The minimum absolute atomic E-state index is 0.101. The van der Waals surface area contributed by atoms with E-state index in [1.165, 1.54) is 18.2 Å². The van der Waals surface area contributed by atoms with Gasteiger partial charge in [-0.2, -0.15) is 0 Å². The lowest BCUT2D eigenvalue weighted by molar-refractivity contribution is -0.117. The normalized spacial score (nSPS) is 15.9. The van der Waals surface area contributed by atoms with E-state index in [2.05, 4.69) is 5.32 Å². The number of hydrogen-bond donors (Lipinski definition) is 2. The zero-order chi connectivity index (χ0) is 15.1. The fourth-order valence-corrected chi connectivity index (χ4v) is 2.18. The van der Waals surface area contributed by atoms with Gasteiger partial charge < -0.3 is 20.5 Å². The van der Waals surface area contributed by atoms with Gasteiger partial charge in [0.25, 0.3) is 0 Å². The van der Waals surface area contributed by atoms with Crippen LogP contribution in [0.2, 0.25) is 0 Å². The molecule has 0 unspecified atom stereocenters. The second-order valence-electron chi connectivity index (χ2n) is 5.17. The molecule has 0 atom stereocenters. The number of ether oxygens (including phenoxy) is 2. The Labute approximate surface area is 123 Å². The molecule has 0 aromatic heterocycles. The van der Waals surface area contributed by atoms with E-state index in [4.69, 9.17) is 15.2 Å². The van der Waals surface area contributed by atoms with Crippen molar-refractivity contribution in [2.45, 2.75) is 19.3 Å². The van der Waals surface area contributed by atoms with Crippen molar-refractivity contribution in [1.82, 2.24) is 0 Å². The molecule has 21 heavy (non-hydrogen) atoms. The van der Waals surface area contributed by atoms with Crippen LogP contribution in [0.15, 0.2) is 18.2 Å². The molecule has 0 bridgehead atoms. The van der Waals surface area contributed by atoms with Crippen molar-refractivity contribution in [3.63, 3.8) is 0 Å². The zero-order valence-electron chi connectivity index (χ0n) is 11.9. The van der Waals surface area contributed by atoms with Gasteiger partial charge in [-0.15, -0.1) is 0 Å². The lowest BCUT2D eigenvalue weighted by Gasteiger charge is -2.21. The average Bonchev–Trinajstić information content (AvgIpc) is 2.48. The summed E-state index contributed by atoms with van der Waals surface area (Å²) in [6, 6.07) is 4.07. The summed E-state index contributed by atoms with van der Waals surface area (Å²) in [6.45, 7) is 2.53. The highest BCUT2D eigenvalue weighted by atomic mass is 19.1. The molecular formula is C15H21FN2O3. The second kappa shape index (κ2) is 7.95. The van der Waals surface area contributed by atoms with Crippen LogP contribution in [0.4, 0.5) is 15.8 Å². The molecule has 1 heterocycles. The topological polar surface area (TPSA) is 73.6 Å². The van der Waals surface area contributed by atoms with Gasteiger partial charge in [0, 0.05) is 25.5 Å². The van der Waals surface area contributed by atoms with E-state index in [1.54, 1.807) is 0 Å². The molecule has 1 aliphatic heterocycles. The monoisotopic (exact) mass is 296 g/mol. The number of nitrogens with one attached hydrogen (secondary N) is 1. The molecular weight excluding hydrogens is 275 g/mol. The highest BCUT2D eigenvalue weighted by Gasteiger charge is 2.14. The molecule has 2 rings (SSSR count). The molecule has 1 saturated heterocycles. The Morgan fingerprint density at radius 2 is 2.19 bits per heavy atom. The van der Waals surface area contributed by atoms with E-state index in [0.717, 1.165) is 26.1 Å².